The number of nitrogens with zero attached hydrogens (tertiary/aromatic N) is 4. The summed E-state index contributed by atoms with van der Waals surface area (Å²) in [4.78, 5) is 22.6. The third-order valence-corrected chi connectivity index (χ3v) is 4.03. The Labute approximate surface area is 147 Å². The van der Waals surface area contributed by atoms with Gasteiger partial charge in [-0.15, -0.1) is 0 Å². The summed E-state index contributed by atoms with van der Waals surface area (Å²) >= 11 is 0. The van der Waals surface area contributed by atoms with Crippen LogP contribution in [0, 0.1) is 5.92 Å². The van der Waals surface area contributed by atoms with Crippen molar-refractivity contribution < 1.29 is 9.53 Å². The second-order valence-corrected chi connectivity index (χ2v) is 6.20. The van der Waals surface area contributed by atoms with Crippen molar-refractivity contribution in [3.63, 3.8) is 0 Å². The summed E-state index contributed by atoms with van der Waals surface area (Å²) in [5.74, 6) is 1.21. The number of amides is 2. The number of pyridine rings is 1. The molecule has 2 aromatic rings. The zero-order valence-electron chi connectivity index (χ0n) is 14.4. The van der Waals surface area contributed by atoms with Crippen molar-refractivity contribution in [2.75, 3.05) is 43.1 Å². The molecule has 2 amide bonds. The second-order valence-electron chi connectivity index (χ2n) is 6.20. The lowest BCUT2D eigenvalue weighted by molar-refractivity contribution is 0.122. The van der Waals surface area contributed by atoms with Gasteiger partial charge in [0.15, 0.2) is 0 Å². The first-order chi connectivity index (χ1) is 12.2. The highest BCUT2D eigenvalue weighted by molar-refractivity contribution is 5.89. The van der Waals surface area contributed by atoms with Crippen LogP contribution >= 0.6 is 0 Å². The number of nitrogens with one attached hydrogen (secondary N) is 2. The zero-order valence-corrected chi connectivity index (χ0v) is 14.4. The first-order valence-electron chi connectivity index (χ1n) is 8.50. The summed E-state index contributed by atoms with van der Waals surface area (Å²) in [5.41, 5.74) is 0.678. The lowest BCUT2D eigenvalue weighted by Crippen LogP contribution is -2.36. The Hall–Kier alpha value is -2.61. The fourth-order valence-electron chi connectivity index (χ4n) is 2.70. The zero-order chi connectivity index (χ0) is 17.5. The Morgan fingerprint density at radius 2 is 2.20 bits per heavy atom. The number of aromatic nitrogens is 3. The molecule has 1 atom stereocenters. The molecule has 8 heteroatoms. The van der Waals surface area contributed by atoms with Gasteiger partial charge >= 0.3 is 6.03 Å². The van der Waals surface area contributed by atoms with Crippen molar-refractivity contribution >= 4 is 17.5 Å². The fourth-order valence-corrected chi connectivity index (χ4v) is 2.70. The third-order valence-electron chi connectivity index (χ3n) is 4.03. The highest BCUT2D eigenvalue weighted by atomic mass is 16.5. The molecule has 0 aromatic carbocycles. The number of hydrogen-bond donors (Lipinski definition) is 2. The Balaban J connectivity index is 1.42. The van der Waals surface area contributed by atoms with E-state index in [1.165, 1.54) is 0 Å². The van der Waals surface area contributed by atoms with Crippen molar-refractivity contribution in [2.45, 2.75) is 13.5 Å². The largest absolute Gasteiger partial charge is 0.378 e. The van der Waals surface area contributed by atoms with Crippen molar-refractivity contribution in [1.29, 1.82) is 0 Å². The first-order valence-corrected chi connectivity index (χ1v) is 8.50. The normalized spacial score (nSPS) is 15.6. The molecule has 1 saturated heterocycles. The summed E-state index contributed by atoms with van der Waals surface area (Å²) < 4.78 is 7.34. The van der Waals surface area contributed by atoms with E-state index in [4.69, 9.17) is 4.74 Å². The minimum Gasteiger partial charge on any atom is -0.378 e. The molecular weight excluding hydrogens is 320 g/mol. The van der Waals surface area contributed by atoms with E-state index in [9.17, 15) is 4.79 Å². The van der Waals surface area contributed by atoms with E-state index in [2.05, 4.69) is 32.4 Å². The molecule has 0 unspecified atom stereocenters. The van der Waals surface area contributed by atoms with Gasteiger partial charge in [-0.2, -0.15) is 0 Å². The summed E-state index contributed by atoms with van der Waals surface area (Å²) in [5, 5.41) is 5.69. The van der Waals surface area contributed by atoms with E-state index in [0.29, 0.717) is 18.2 Å². The lowest BCUT2D eigenvalue weighted by atomic mass is 10.2. The minimum atomic E-state index is -0.224. The van der Waals surface area contributed by atoms with E-state index >= 15 is 0 Å². The Bertz CT molecular complexity index is 652. The maximum Gasteiger partial charge on any atom is 0.319 e. The molecule has 3 rings (SSSR count). The molecule has 0 radical (unpaired) electrons. The maximum absolute atomic E-state index is 12.0. The molecule has 3 heterocycles. The van der Waals surface area contributed by atoms with Crippen molar-refractivity contribution in [3.8, 4) is 0 Å². The fraction of sp³-hybridized carbons (Fsp3) is 0.471. The second kappa shape index (κ2) is 8.48. The molecule has 8 nitrogen and oxygen atoms in total. The summed E-state index contributed by atoms with van der Waals surface area (Å²) in [7, 11) is 0. The van der Waals surface area contributed by atoms with Gasteiger partial charge in [-0.05, 0) is 18.1 Å². The number of ether oxygens (including phenoxy) is 1. The number of urea groups is 1. The van der Waals surface area contributed by atoms with Gasteiger partial charge in [0.05, 0.1) is 31.4 Å². The number of carbonyl (C=O) groups is 1. The van der Waals surface area contributed by atoms with Crippen LogP contribution in [0.4, 0.5) is 16.3 Å². The molecule has 1 aliphatic heterocycles. The van der Waals surface area contributed by atoms with Gasteiger partial charge in [0.2, 0.25) is 0 Å². The number of rotatable bonds is 6. The number of carbonyl (C=O) groups excluding carboxylic acids is 1. The third kappa shape index (κ3) is 5.18. The van der Waals surface area contributed by atoms with E-state index in [1.807, 2.05) is 22.9 Å². The van der Waals surface area contributed by atoms with Gasteiger partial charge in [0, 0.05) is 38.6 Å². The molecule has 0 aliphatic carbocycles. The molecule has 0 spiro atoms. The molecule has 134 valence electrons. The van der Waals surface area contributed by atoms with Crippen LogP contribution in [-0.4, -0.2) is 53.4 Å². The number of morpholine rings is 1. The molecule has 25 heavy (non-hydrogen) atoms. The van der Waals surface area contributed by atoms with E-state index in [1.54, 1.807) is 18.7 Å². The molecule has 1 fully saturated rings. The predicted octanol–water partition coefficient (Wildman–Crippen LogP) is 1.57. The van der Waals surface area contributed by atoms with Crippen molar-refractivity contribution in [1.82, 2.24) is 19.9 Å². The van der Waals surface area contributed by atoms with Crippen molar-refractivity contribution in [3.05, 3.63) is 37.1 Å². The molecule has 0 bridgehead atoms. The molecule has 0 saturated carbocycles. The van der Waals surface area contributed by atoms with Gasteiger partial charge in [0.25, 0.3) is 0 Å². The summed E-state index contributed by atoms with van der Waals surface area (Å²) in [6.45, 7) is 6.62. The van der Waals surface area contributed by atoms with E-state index < -0.39 is 0 Å². The standard InChI is InChI=1S/C17H24N6O2/c1-14(12-22-5-4-18-13-22)10-20-17(24)21-15-2-3-16(19-11-15)23-6-8-25-9-7-23/h2-5,11,13-14H,6-10,12H2,1H3,(H2,20,21,24)/t14-/m0/s1. The molecule has 2 N–H and O–H groups in total. The lowest BCUT2D eigenvalue weighted by Gasteiger charge is -2.27. The van der Waals surface area contributed by atoms with Crippen LogP contribution in [-0.2, 0) is 11.3 Å². The molecule has 1 aliphatic rings. The topological polar surface area (TPSA) is 84.3 Å². The van der Waals surface area contributed by atoms with E-state index in [-0.39, 0.29) is 6.03 Å². The van der Waals surface area contributed by atoms with Crippen molar-refractivity contribution in [2.24, 2.45) is 5.92 Å². The van der Waals surface area contributed by atoms with Gasteiger partial charge in [0.1, 0.15) is 5.82 Å². The van der Waals surface area contributed by atoms with Crippen LogP contribution in [0.1, 0.15) is 6.92 Å². The summed E-state index contributed by atoms with van der Waals surface area (Å²) in [6.07, 6.45) is 7.12. The average Bonchev–Trinajstić information content (AvgIpc) is 3.14. The SMILES string of the molecule is C[C@@H](CNC(=O)Nc1ccc(N2CCOCC2)nc1)Cn1ccnc1. The number of imidazole rings is 1. The van der Waals surface area contributed by atoms with Gasteiger partial charge in [-0.25, -0.2) is 14.8 Å². The first kappa shape index (κ1) is 17.2. The minimum absolute atomic E-state index is 0.224. The number of hydrogen-bond acceptors (Lipinski definition) is 5. The highest BCUT2D eigenvalue weighted by Gasteiger charge is 2.12. The average molecular weight is 344 g/mol. The van der Waals surface area contributed by atoms with Crippen LogP contribution in [0.25, 0.3) is 0 Å². The number of anilines is 2. The quantitative estimate of drug-likeness (QED) is 0.831. The van der Waals surface area contributed by atoms with Gasteiger partial charge in [-0.3, -0.25) is 0 Å². The molecule has 2 aromatic heterocycles. The summed E-state index contributed by atoms with van der Waals surface area (Å²) in [6, 6.07) is 3.56. The van der Waals surface area contributed by atoms with Crippen LogP contribution in [0.5, 0.6) is 0 Å². The Morgan fingerprint density at radius 1 is 1.36 bits per heavy atom. The van der Waals surface area contributed by atoms with E-state index in [0.717, 1.165) is 38.7 Å². The Kier molecular flexibility index (Phi) is 5.84. The van der Waals surface area contributed by atoms with Crippen LogP contribution in [0.3, 0.4) is 0 Å². The smallest absolute Gasteiger partial charge is 0.319 e. The predicted molar refractivity (Wildman–Crippen MR) is 95.7 cm³/mol. The monoisotopic (exact) mass is 344 g/mol. The molecular formula is C17H24N6O2. The van der Waals surface area contributed by atoms with Crippen LogP contribution < -0.4 is 15.5 Å². The highest BCUT2D eigenvalue weighted by Crippen LogP contribution is 2.15. The maximum atomic E-state index is 12.0. The van der Waals surface area contributed by atoms with Crippen LogP contribution in [0.15, 0.2) is 37.1 Å². The van der Waals surface area contributed by atoms with Gasteiger partial charge < -0.3 is 24.8 Å². The Morgan fingerprint density at radius 3 is 2.88 bits per heavy atom. The van der Waals surface area contributed by atoms with Crippen LogP contribution in [0.2, 0.25) is 0 Å². The van der Waals surface area contributed by atoms with Gasteiger partial charge in [-0.1, -0.05) is 6.92 Å².